The Labute approximate surface area is 207 Å². The van der Waals surface area contributed by atoms with Gasteiger partial charge in [0.1, 0.15) is 5.76 Å². The first kappa shape index (κ1) is 23.2. The molecule has 1 amide bonds. The zero-order valence-electron chi connectivity index (χ0n) is 19.5. The molecule has 1 unspecified atom stereocenters. The molecule has 8 nitrogen and oxygen atoms in total. The number of ketones is 1. The number of amides is 1. The van der Waals surface area contributed by atoms with E-state index in [-0.39, 0.29) is 18.1 Å². The van der Waals surface area contributed by atoms with Crippen LogP contribution >= 0.6 is 0 Å². The Hall–Kier alpha value is -4.59. The third-order valence-electron chi connectivity index (χ3n) is 6.02. The van der Waals surface area contributed by atoms with Gasteiger partial charge in [-0.05, 0) is 54.4 Å². The molecule has 0 spiro atoms. The maximum Gasteiger partial charge on any atom is 0.338 e. The van der Waals surface area contributed by atoms with E-state index in [1.165, 1.54) is 4.90 Å². The summed E-state index contributed by atoms with van der Waals surface area (Å²) in [6.07, 6.45) is 0.703. The van der Waals surface area contributed by atoms with Crippen LogP contribution < -0.4 is 14.4 Å². The van der Waals surface area contributed by atoms with Crippen LogP contribution in [0.2, 0.25) is 0 Å². The quantitative estimate of drug-likeness (QED) is 0.235. The normalized spacial score (nSPS) is 17.9. The van der Waals surface area contributed by atoms with Crippen molar-refractivity contribution in [2.24, 2.45) is 0 Å². The molecular weight excluding hydrogens is 462 g/mol. The lowest BCUT2D eigenvalue weighted by atomic mass is 9.95. The van der Waals surface area contributed by atoms with Crippen molar-refractivity contribution in [3.8, 4) is 11.5 Å². The van der Waals surface area contributed by atoms with Crippen LogP contribution in [-0.2, 0) is 14.3 Å². The second-order valence-electron chi connectivity index (χ2n) is 8.33. The molecule has 182 valence electrons. The maximum atomic E-state index is 13.3. The maximum absolute atomic E-state index is 13.3. The van der Waals surface area contributed by atoms with Crippen LogP contribution in [0.4, 0.5) is 5.69 Å². The van der Waals surface area contributed by atoms with E-state index in [0.29, 0.717) is 46.9 Å². The summed E-state index contributed by atoms with van der Waals surface area (Å²) in [5, 5.41) is 11.3. The van der Waals surface area contributed by atoms with Crippen molar-refractivity contribution < 1.29 is 33.7 Å². The minimum atomic E-state index is -0.880. The van der Waals surface area contributed by atoms with Crippen LogP contribution in [0, 0.1) is 0 Å². The number of benzene rings is 3. The largest absolute Gasteiger partial charge is 0.507 e. The first-order chi connectivity index (χ1) is 17.5. The summed E-state index contributed by atoms with van der Waals surface area (Å²) in [6, 6.07) is 19.2. The number of fused-ring (bicyclic) bond motifs is 1. The molecule has 0 aliphatic carbocycles. The van der Waals surface area contributed by atoms with Crippen molar-refractivity contribution in [1.29, 1.82) is 0 Å². The molecule has 2 aliphatic rings. The van der Waals surface area contributed by atoms with Gasteiger partial charge in [0.15, 0.2) is 11.5 Å². The van der Waals surface area contributed by atoms with Crippen molar-refractivity contribution in [1.82, 2.24) is 0 Å². The zero-order chi connectivity index (χ0) is 25.2. The standard InChI is InChI=1S/C28H23NO7/c1-2-14-34-28(33)18-8-11-20(12-9-18)29-24(17-6-4-3-5-7-17)23(26(31)27(29)32)25(30)19-10-13-21-22(15-19)36-16-35-21/h3-13,15,24,30H,2,14,16H2,1H3/b25-23-. The second kappa shape index (κ2) is 9.58. The highest BCUT2D eigenvalue weighted by molar-refractivity contribution is 6.51. The second-order valence-corrected chi connectivity index (χ2v) is 8.33. The van der Waals surface area contributed by atoms with Crippen molar-refractivity contribution in [2.45, 2.75) is 19.4 Å². The van der Waals surface area contributed by atoms with E-state index in [0.717, 1.165) is 0 Å². The molecule has 36 heavy (non-hydrogen) atoms. The fraction of sp³-hybridized carbons (Fsp3) is 0.179. The molecule has 0 saturated carbocycles. The number of rotatable bonds is 6. The number of carbonyl (C=O) groups is 3. The smallest absolute Gasteiger partial charge is 0.338 e. The Kier molecular flexibility index (Phi) is 6.16. The summed E-state index contributed by atoms with van der Waals surface area (Å²) in [6.45, 7) is 2.28. The summed E-state index contributed by atoms with van der Waals surface area (Å²) in [7, 11) is 0. The van der Waals surface area contributed by atoms with Gasteiger partial charge in [0.25, 0.3) is 11.7 Å². The molecule has 2 heterocycles. The minimum absolute atomic E-state index is 0.0449. The van der Waals surface area contributed by atoms with Gasteiger partial charge in [0.05, 0.1) is 23.8 Å². The van der Waals surface area contributed by atoms with E-state index < -0.39 is 23.7 Å². The number of anilines is 1. The zero-order valence-corrected chi connectivity index (χ0v) is 19.5. The number of esters is 1. The lowest BCUT2D eigenvalue weighted by molar-refractivity contribution is -0.132. The van der Waals surface area contributed by atoms with Gasteiger partial charge in [-0.1, -0.05) is 37.3 Å². The van der Waals surface area contributed by atoms with Gasteiger partial charge < -0.3 is 19.3 Å². The third-order valence-corrected chi connectivity index (χ3v) is 6.02. The van der Waals surface area contributed by atoms with Crippen LogP contribution in [0.25, 0.3) is 5.76 Å². The van der Waals surface area contributed by atoms with Crippen LogP contribution in [-0.4, -0.2) is 36.2 Å². The molecule has 1 fully saturated rings. The molecule has 8 heteroatoms. The van der Waals surface area contributed by atoms with Crippen LogP contribution in [0.5, 0.6) is 11.5 Å². The molecule has 1 atom stereocenters. The average molecular weight is 485 g/mol. The number of carbonyl (C=O) groups excluding carboxylic acids is 3. The molecular formula is C28H23NO7. The highest BCUT2D eigenvalue weighted by Crippen LogP contribution is 2.43. The fourth-order valence-electron chi connectivity index (χ4n) is 4.29. The molecule has 2 aliphatic heterocycles. The number of hydrogen-bond donors (Lipinski definition) is 1. The van der Waals surface area contributed by atoms with Gasteiger partial charge in [0, 0.05) is 11.3 Å². The average Bonchev–Trinajstić information content (AvgIpc) is 3.49. The predicted molar refractivity (Wildman–Crippen MR) is 131 cm³/mol. The lowest BCUT2D eigenvalue weighted by Crippen LogP contribution is -2.29. The monoisotopic (exact) mass is 485 g/mol. The first-order valence-corrected chi connectivity index (χ1v) is 11.5. The van der Waals surface area contributed by atoms with E-state index in [1.54, 1.807) is 66.7 Å². The SMILES string of the molecule is CCCOC(=O)c1ccc(N2C(=O)C(=O)/C(=C(\O)c3ccc4c(c3)OCO4)C2c2ccccc2)cc1. The molecule has 5 rings (SSSR count). The molecule has 0 radical (unpaired) electrons. The number of hydrogen-bond acceptors (Lipinski definition) is 7. The van der Waals surface area contributed by atoms with Crippen molar-refractivity contribution in [3.63, 3.8) is 0 Å². The third kappa shape index (κ3) is 4.07. The topological polar surface area (TPSA) is 102 Å². The fourth-order valence-corrected chi connectivity index (χ4v) is 4.29. The number of aliphatic hydroxyl groups is 1. The van der Waals surface area contributed by atoms with E-state index in [9.17, 15) is 19.5 Å². The van der Waals surface area contributed by atoms with Crippen LogP contribution in [0.15, 0.2) is 78.4 Å². The van der Waals surface area contributed by atoms with E-state index in [2.05, 4.69) is 0 Å². The van der Waals surface area contributed by atoms with Crippen LogP contribution in [0.1, 0.15) is 40.9 Å². The van der Waals surface area contributed by atoms with Gasteiger partial charge >= 0.3 is 5.97 Å². The van der Waals surface area contributed by atoms with Gasteiger partial charge in [-0.3, -0.25) is 14.5 Å². The predicted octanol–water partition coefficient (Wildman–Crippen LogP) is 4.61. The molecule has 0 aromatic heterocycles. The molecule has 1 N–H and O–H groups in total. The van der Waals surface area contributed by atoms with Gasteiger partial charge in [-0.15, -0.1) is 0 Å². The summed E-state index contributed by atoms with van der Waals surface area (Å²) in [5.74, 6) is -1.41. The highest BCUT2D eigenvalue weighted by atomic mass is 16.7. The van der Waals surface area contributed by atoms with Crippen molar-refractivity contribution in [3.05, 3.63) is 95.1 Å². The Morgan fingerprint density at radius 2 is 1.67 bits per heavy atom. The number of ether oxygens (including phenoxy) is 3. The Bertz CT molecular complexity index is 1360. The summed E-state index contributed by atoms with van der Waals surface area (Å²) in [4.78, 5) is 40.1. The summed E-state index contributed by atoms with van der Waals surface area (Å²) in [5.41, 5.74) is 1.66. The minimum Gasteiger partial charge on any atom is -0.507 e. The number of nitrogens with zero attached hydrogens (tertiary/aromatic N) is 1. The lowest BCUT2D eigenvalue weighted by Gasteiger charge is -2.25. The first-order valence-electron chi connectivity index (χ1n) is 11.5. The summed E-state index contributed by atoms with van der Waals surface area (Å²) < 4.78 is 15.9. The van der Waals surface area contributed by atoms with E-state index in [1.807, 2.05) is 13.0 Å². The van der Waals surface area contributed by atoms with E-state index in [4.69, 9.17) is 14.2 Å². The van der Waals surface area contributed by atoms with Gasteiger partial charge in [0.2, 0.25) is 6.79 Å². The van der Waals surface area contributed by atoms with Crippen LogP contribution in [0.3, 0.4) is 0 Å². The molecule has 3 aromatic carbocycles. The Morgan fingerprint density at radius 1 is 0.972 bits per heavy atom. The number of aliphatic hydroxyl groups excluding tert-OH is 1. The number of Topliss-reactive ketones (excluding diaryl/α,β-unsaturated/α-hetero) is 1. The Balaban J connectivity index is 1.58. The van der Waals surface area contributed by atoms with Crippen molar-refractivity contribution in [2.75, 3.05) is 18.3 Å². The Morgan fingerprint density at radius 3 is 2.39 bits per heavy atom. The van der Waals surface area contributed by atoms with Gasteiger partial charge in [-0.2, -0.15) is 0 Å². The summed E-state index contributed by atoms with van der Waals surface area (Å²) >= 11 is 0. The van der Waals surface area contributed by atoms with E-state index >= 15 is 0 Å². The molecule has 3 aromatic rings. The highest BCUT2D eigenvalue weighted by Gasteiger charge is 2.47. The molecule has 1 saturated heterocycles. The van der Waals surface area contributed by atoms with Crippen molar-refractivity contribution >= 4 is 29.1 Å². The molecule has 0 bridgehead atoms. The van der Waals surface area contributed by atoms with Gasteiger partial charge in [-0.25, -0.2) is 4.79 Å².